The fourth-order valence-electron chi connectivity index (χ4n) is 1.49. The summed E-state index contributed by atoms with van der Waals surface area (Å²) in [5.41, 5.74) is 0. The second-order valence-electron chi connectivity index (χ2n) is 3.83. The van der Waals surface area contributed by atoms with Crippen molar-refractivity contribution in [2.45, 2.75) is 12.7 Å². The van der Waals surface area contributed by atoms with E-state index in [1.165, 1.54) is 24.5 Å². The second-order valence-corrected chi connectivity index (χ2v) is 5.54. The molecule has 2 aromatic heterocycles. The van der Waals surface area contributed by atoms with Crippen molar-refractivity contribution in [3.63, 3.8) is 0 Å². The Morgan fingerprint density at radius 3 is 2.80 bits per heavy atom. The summed E-state index contributed by atoms with van der Waals surface area (Å²) < 4.78 is 38.3. The lowest BCUT2D eigenvalue weighted by Crippen LogP contribution is -2.18. The summed E-state index contributed by atoms with van der Waals surface area (Å²) in [6, 6.07) is 3.14. The first-order valence-electron chi connectivity index (χ1n) is 5.41. The van der Waals surface area contributed by atoms with Crippen LogP contribution in [0, 0.1) is 0 Å². The van der Waals surface area contributed by atoms with Crippen LogP contribution in [0.2, 0.25) is 4.34 Å². The minimum Gasteiger partial charge on any atom is -0.322 e. The normalized spacial score (nSPS) is 12.2. The number of alkyl halides is 3. The molecule has 0 aliphatic heterocycles. The van der Waals surface area contributed by atoms with Gasteiger partial charge in [-0.05, 0) is 24.3 Å². The Hall–Kier alpha value is -1.60. The van der Waals surface area contributed by atoms with E-state index in [1.807, 2.05) is 0 Å². The molecule has 3 nitrogen and oxygen atoms in total. The lowest BCUT2D eigenvalue weighted by Gasteiger charge is -2.08. The van der Waals surface area contributed by atoms with Gasteiger partial charge in [-0.2, -0.15) is 13.2 Å². The molecule has 0 aromatic carbocycles. The van der Waals surface area contributed by atoms with Gasteiger partial charge in [0, 0.05) is 12.4 Å². The molecule has 20 heavy (non-hydrogen) atoms. The maximum atomic E-state index is 12.3. The minimum absolute atomic E-state index is 0.0679. The molecule has 0 N–H and O–H groups in total. The van der Waals surface area contributed by atoms with E-state index in [-0.39, 0.29) is 11.6 Å². The Balaban J connectivity index is 2.12. The van der Waals surface area contributed by atoms with Gasteiger partial charge in [-0.15, -0.1) is 11.3 Å². The first-order valence-corrected chi connectivity index (χ1v) is 6.60. The molecule has 0 aliphatic carbocycles. The highest BCUT2D eigenvalue weighted by Crippen LogP contribution is 2.22. The van der Waals surface area contributed by atoms with Gasteiger partial charge in [0.2, 0.25) is 0 Å². The van der Waals surface area contributed by atoms with Crippen LogP contribution in [0.5, 0.6) is 0 Å². The fourth-order valence-corrected chi connectivity index (χ4v) is 2.45. The highest BCUT2D eigenvalue weighted by atomic mass is 35.5. The monoisotopic (exact) mass is 320 g/mol. The lowest BCUT2D eigenvalue weighted by molar-refractivity contribution is -0.140. The molecular formula is C12H8ClF3N2OS. The Kier molecular flexibility index (Phi) is 4.29. The molecule has 0 radical (unpaired) electrons. The number of nitrogens with zero attached hydrogens (tertiary/aromatic N) is 2. The smallest absolute Gasteiger partial charge is 0.322 e. The van der Waals surface area contributed by atoms with Gasteiger partial charge in [-0.3, -0.25) is 4.79 Å². The van der Waals surface area contributed by atoms with Crippen LogP contribution >= 0.6 is 22.9 Å². The van der Waals surface area contributed by atoms with Crippen LogP contribution < -0.4 is 0 Å². The average molecular weight is 321 g/mol. The predicted octanol–water partition coefficient (Wildman–Crippen LogP) is 4.06. The molecule has 0 saturated carbocycles. The van der Waals surface area contributed by atoms with Crippen molar-refractivity contribution in [2.24, 2.45) is 0 Å². The Morgan fingerprint density at radius 2 is 2.20 bits per heavy atom. The molecule has 2 rings (SSSR count). The Labute approximate surface area is 121 Å². The van der Waals surface area contributed by atoms with Crippen molar-refractivity contribution >= 4 is 34.8 Å². The van der Waals surface area contributed by atoms with Crippen LogP contribution in [0.15, 0.2) is 30.6 Å². The number of allylic oxidation sites excluding steroid dienone is 1. The van der Waals surface area contributed by atoms with Crippen molar-refractivity contribution in [3.05, 3.63) is 45.6 Å². The number of ketones is 1. The summed E-state index contributed by atoms with van der Waals surface area (Å²) in [5, 5.41) is 0. The van der Waals surface area contributed by atoms with E-state index in [2.05, 4.69) is 4.98 Å². The van der Waals surface area contributed by atoms with Crippen molar-refractivity contribution in [1.82, 2.24) is 9.55 Å². The van der Waals surface area contributed by atoms with E-state index < -0.39 is 12.7 Å². The van der Waals surface area contributed by atoms with E-state index in [1.54, 1.807) is 12.1 Å². The van der Waals surface area contributed by atoms with Gasteiger partial charge in [-0.1, -0.05) is 11.6 Å². The molecule has 0 aliphatic rings. The van der Waals surface area contributed by atoms with Crippen molar-refractivity contribution in [1.29, 1.82) is 0 Å². The van der Waals surface area contributed by atoms with Crippen molar-refractivity contribution < 1.29 is 18.0 Å². The SMILES string of the molecule is O=C(/C=C/c1nccn1CC(F)(F)F)c1ccc(Cl)s1. The molecular weight excluding hydrogens is 313 g/mol. The highest BCUT2D eigenvalue weighted by molar-refractivity contribution is 7.18. The molecule has 2 aromatic rings. The van der Waals surface area contributed by atoms with Crippen molar-refractivity contribution in [3.8, 4) is 0 Å². The summed E-state index contributed by atoms with van der Waals surface area (Å²) >= 11 is 6.81. The van der Waals surface area contributed by atoms with E-state index >= 15 is 0 Å². The topological polar surface area (TPSA) is 34.9 Å². The van der Waals surface area contributed by atoms with E-state index in [4.69, 9.17) is 11.6 Å². The summed E-state index contributed by atoms with van der Waals surface area (Å²) in [6.07, 6.45) is 0.547. The van der Waals surface area contributed by atoms with E-state index in [0.717, 1.165) is 15.9 Å². The average Bonchev–Trinajstić information content (AvgIpc) is 2.93. The van der Waals surface area contributed by atoms with Gasteiger partial charge < -0.3 is 4.57 Å². The fraction of sp³-hybridized carbons (Fsp3) is 0.167. The molecule has 0 bridgehead atoms. The lowest BCUT2D eigenvalue weighted by atomic mass is 10.3. The van der Waals surface area contributed by atoms with Gasteiger partial charge in [-0.25, -0.2) is 4.98 Å². The van der Waals surface area contributed by atoms with Gasteiger partial charge in [0.25, 0.3) is 0 Å². The summed E-state index contributed by atoms with van der Waals surface area (Å²) in [4.78, 5) is 15.9. The number of hydrogen-bond donors (Lipinski definition) is 0. The molecule has 0 spiro atoms. The van der Waals surface area contributed by atoms with Crippen LogP contribution in [0.1, 0.15) is 15.5 Å². The number of rotatable bonds is 4. The van der Waals surface area contributed by atoms with Crippen LogP contribution in [0.3, 0.4) is 0 Å². The third-order valence-electron chi connectivity index (χ3n) is 2.30. The Morgan fingerprint density at radius 1 is 1.45 bits per heavy atom. The second kappa shape index (κ2) is 5.80. The minimum atomic E-state index is -4.34. The molecule has 0 saturated heterocycles. The van der Waals surface area contributed by atoms with Crippen LogP contribution in [-0.4, -0.2) is 21.5 Å². The third kappa shape index (κ3) is 3.94. The van der Waals surface area contributed by atoms with Gasteiger partial charge in [0.1, 0.15) is 12.4 Å². The number of carbonyl (C=O) groups excluding carboxylic acids is 1. The number of halogens is 4. The molecule has 0 atom stereocenters. The maximum Gasteiger partial charge on any atom is 0.406 e. The highest BCUT2D eigenvalue weighted by Gasteiger charge is 2.28. The zero-order valence-corrected chi connectivity index (χ0v) is 11.5. The molecule has 106 valence electrons. The number of carbonyl (C=O) groups is 1. The first kappa shape index (κ1) is 14.8. The number of aromatic nitrogens is 2. The van der Waals surface area contributed by atoms with Gasteiger partial charge in [0.05, 0.1) is 9.21 Å². The van der Waals surface area contributed by atoms with Crippen LogP contribution in [0.25, 0.3) is 6.08 Å². The summed E-state index contributed by atoms with van der Waals surface area (Å²) in [7, 11) is 0. The third-order valence-corrected chi connectivity index (χ3v) is 3.54. The number of thiophene rings is 1. The van der Waals surface area contributed by atoms with Crippen LogP contribution in [0.4, 0.5) is 13.2 Å². The molecule has 2 heterocycles. The number of hydrogen-bond acceptors (Lipinski definition) is 3. The van der Waals surface area contributed by atoms with Crippen molar-refractivity contribution in [2.75, 3.05) is 0 Å². The standard InChI is InChI=1S/C12H8ClF3N2OS/c13-10-3-2-9(20-10)8(19)1-4-11-17-5-6-18(11)7-12(14,15)16/h1-6H,7H2/b4-1+. The Bertz CT molecular complexity index is 645. The molecule has 0 unspecified atom stereocenters. The zero-order valence-electron chi connectivity index (χ0n) is 9.89. The van der Waals surface area contributed by atoms with Gasteiger partial charge >= 0.3 is 6.18 Å². The quantitative estimate of drug-likeness (QED) is 0.629. The first-order chi connectivity index (χ1) is 9.35. The molecule has 0 fully saturated rings. The molecule has 8 heteroatoms. The predicted molar refractivity (Wildman–Crippen MR) is 71.0 cm³/mol. The molecule has 0 amide bonds. The number of imidazole rings is 1. The van der Waals surface area contributed by atoms with Gasteiger partial charge in [0.15, 0.2) is 5.78 Å². The maximum absolute atomic E-state index is 12.3. The van der Waals surface area contributed by atoms with E-state index in [0.29, 0.717) is 9.21 Å². The van der Waals surface area contributed by atoms with Crippen LogP contribution in [-0.2, 0) is 6.54 Å². The van der Waals surface area contributed by atoms with E-state index in [9.17, 15) is 18.0 Å². The largest absolute Gasteiger partial charge is 0.406 e. The summed E-state index contributed by atoms with van der Waals surface area (Å²) in [5.74, 6) is -0.262. The summed E-state index contributed by atoms with van der Waals surface area (Å²) in [6.45, 7) is -1.15. The zero-order chi connectivity index (χ0) is 14.8.